The fourth-order valence-electron chi connectivity index (χ4n) is 1.63. The van der Waals surface area contributed by atoms with E-state index < -0.39 is 0 Å². The van der Waals surface area contributed by atoms with Crippen LogP contribution in [0.1, 0.15) is 52.9 Å². The number of hydrogen-bond donors (Lipinski definition) is 0. The van der Waals surface area contributed by atoms with E-state index in [4.69, 9.17) is 0 Å². The Hall–Kier alpha value is -0.260. The highest BCUT2D eigenvalue weighted by Crippen LogP contribution is 2.34. The van der Waals surface area contributed by atoms with Gasteiger partial charge in [-0.2, -0.15) is 0 Å². The van der Waals surface area contributed by atoms with Gasteiger partial charge in [-0.15, -0.1) is 0 Å². The summed E-state index contributed by atoms with van der Waals surface area (Å²) in [4.78, 5) is 0. The summed E-state index contributed by atoms with van der Waals surface area (Å²) in [6.07, 6.45) is 10.5. The van der Waals surface area contributed by atoms with Crippen molar-refractivity contribution in [1.29, 1.82) is 0 Å². The van der Waals surface area contributed by atoms with Crippen LogP contribution in [0.3, 0.4) is 0 Å². The van der Waals surface area contributed by atoms with E-state index in [1.807, 2.05) is 0 Å². The summed E-state index contributed by atoms with van der Waals surface area (Å²) in [6, 6.07) is 0. The van der Waals surface area contributed by atoms with Crippen molar-refractivity contribution in [2.45, 2.75) is 52.9 Å². The molecule has 0 bridgehead atoms. The molecule has 0 saturated carbocycles. The topological polar surface area (TPSA) is 0 Å². The second kappa shape index (κ2) is 6.28. The van der Waals surface area contributed by atoms with Crippen LogP contribution in [0, 0.1) is 12.3 Å². The third kappa shape index (κ3) is 3.42. The minimum Gasteiger partial charge on any atom is -0.0885 e. The van der Waals surface area contributed by atoms with E-state index in [1.165, 1.54) is 25.7 Å². The van der Waals surface area contributed by atoms with Crippen LogP contribution in [0.4, 0.5) is 0 Å². The van der Waals surface area contributed by atoms with E-state index in [2.05, 4.69) is 39.8 Å². The second-order valence-corrected chi connectivity index (χ2v) is 3.52. The van der Waals surface area contributed by atoms with Crippen LogP contribution in [0.15, 0.2) is 12.2 Å². The second-order valence-electron chi connectivity index (χ2n) is 3.52. The van der Waals surface area contributed by atoms with E-state index >= 15 is 0 Å². The van der Waals surface area contributed by atoms with E-state index in [0.717, 1.165) is 6.42 Å². The molecule has 0 aromatic carbocycles. The Balaban J connectivity index is 4.01. The molecule has 1 radical (unpaired) electrons. The number of rotatable bonds is 6. The average Bonchev–Trinajstić information content (AvgIpc) is 2.14. The molecule has 0 atom stereocenters. The van der Waals surface area contributed by atoms with Gasteiger partial charge in [-0.25, -0.2) is 0 Å². The summed E-state index contributed by atoms with van der Waals surface area (Å²) in [5, 5.41) is 0. The first-order chi connectivity index (χ1) is 5.74. The predicted octanol–water partition coefficient (Wildman–Crippen LogP) is 4.37. The number of hydrogen-bond acceptors (Lipinski definition) is 0. The van der Waals surface area contributed by atoms with Gasteiger partial charge in [-0.05, 0) is 25.2 Å². The van der Waals surface area contributed by atoms with Crippen LogP contribution in [-0.2, 0) is 0 Å². The summed E-state index contributed by atoms with van der Waals surface area (Å²) in [5.74, 6) is 0. The first kappa shape index (κ1) is 11.7. The van der Waals surface area contributed by atoms with Crippen LogP contribution >= 0.6 is 0 Å². The van der Waals surface area contributed by atoms with Gasteiger partial charge in [0.15, 0.2) is 0 Å². The molecule has 0 spiro atoms. The van der Waals surface area contributed by atoms with Gasteiger partial charge in [-0.3, -0.25) is 0 Å². The van der Waals surface area contributed by atoms with Crippen LogP contribution in [0.2, 0.25) is 0 Å². The highest BCUT2D eigenvalue weighted by atomic mass is 14.3. The zero-order valence-electron chi connectivity index (χ0n) is 8.90. The molecule has 0 aromatic heterocycles. The lowest BCUT2D eigenvalue weighted by atomic mass is 9.77. The molecular formula is C12H23. The highest BCUT2D eigenvalue weighted by Gasteiger charge is 2.21. The maximum Gasteiger partial charge on any atom is -0.0271 e. The van der Waals surface area contributed by atoms with Crippen LogP contribution < -0.4 is 0 Å². The van der Waals surface area contributed by atoms with Crippen molar-refractivity contribution < 1.29 is 0 Å². The molecule has 0 aromatic rings. The summed E-state index contributed by atoms with van der Waals surface area (Å²) in [5.41, 5.74) is 0.561. The summed E-state index contributed by atoms with van der Waals surface area (Å²) in [6.45, 7) is 10.7. The maximum atomic E-state index is 3.80. The van der Waals surface area contributed by atoms with E-state index in [-0.39, 0.29) is 0 Å². The van der Waals surface area contributed by atoms with Crippen molar-refractivity contribution in [1.82, 2.24) is 0 Å². The molecule has 0 aliphatic heterocycles. The standard InChI is InChI=1S/C12H23/c1-5-9-10-11-12(6-2,7-3)8-4/h9-10H,1,5-8,11H2,2-4H3/b10-9+. The molecule has 0 unspecified atom stereocenters. The number of allylic oxidation sites excluding steroid dienone is 2. The molecule has 0 saturated heterocycles. The van der Waals surface area contributed by atoms with Crippen molar-refractivity contribution in [3.63, 3.8) is 0 Å². The van der Waals surface area contributed by atoms with Gasteiger partial charge >= 0.3 is 0 Å². The lowest BCUT2D eigenvalue weighted by molar-refractivity contribution is 0.254. The molecule has 0 fully saturated rings. The smallest absolute Gasteiger partial charge is 0.0271 e. The first-order valence-electron chi connectivity index (χ1n) is 5.19. The van der Waals surface area contributed by atoms with Gasteiger partial charge in [0.25, 0.3) is 0 Å². The Morgan fingerprint density at radius 3 is 1.83 bits per heavy atom. The fourth-order valence-corrected chi connectivity index (χ4v) is 1.63. The van der Waals surface area contributed by atoms with Gasteiger partial charge in [0.1, 0.15) is 0 Å². The molecule has 0 heteroatoms. The zero-order chi connectivity index (χ0) is 9.45. The molecule has 12 heavy (non-hydrogen) atoms. The SMILES string of the molecule is [CH2]C/C=C/CC(CC)(CC)CC. The minimum atomic E-state index is 0.561. The van der Waals surface area contributed by atoms with Crippen molar-refractivity contribution in [3.8, 4) is 0 Å². The minimum absolute atomic E-state index is 0.561. The van der Waals surface area contributed by atoms with Crippen molar-refractivity contribution >= 4 is 0 Å². The Kier molecular flexibility index (Phi) is 6.14. The molecule has 0 heterocycles. The maximum absolute atomic E-state index is 3.80. The average molecular weight is 167 g/mol. The van der Waals surface area contributed by atoms with Gasteiger partial charge in [0.05, 0.1) is 0 Å². The molecule has 0 N–H and O–H groups in total. The zero-order valence-corrected chi connectivity index (χ0v) is 8.90. The highest BCUT2D eigenvalue weighted by molar-refractivity contribution is 4.90. The normalized spacial score (nSPS) is 12.7. The third-order valence-corrected chi connectivity index (χ3v) is 3.13. The van der Waals surface area contributed by atoms with Crippen LogP contribution in [0.25, 0.3) is 0 Å². The molecular weight excluding hydrogens is 144 g/mol. The van der Waals surface area contributed by atoms with E-state index in [9.17, 15) is 0 Å². The Labute approximate surface area is 78.1 Å². The summed E-state index contributed by atoms with van der Waals surface area (Å²) in [7, 11) is 0. The van der Waals surface area contributed by atoms with E-state index in [0.29, 0.717) is 5.41 Å². The molecule has 0 rings (SSSR count). The van der Waals surface area contributed by atoms with E-state index in [1.54, 1.807) is 0 Å². The van der Waals surface area contributed by atoms with Crippen molar-refractivity contribution in [3.05, 3.63) is 19.1 Å². The predicted molar refractivity (Wildman–Crippen MR) is 57.0 cm³/mol. The van der Waals surface area contributed by atoms with Crippen molar-refractivity contribution in [2.24, 2.45) is 5.41 Å². The van der Waals surface area contributed by atoms with Crippen LogP contribution in [-0.4, -0.2) is 0 Å². The Morgan fingerprint density at radius 2 is 1.50 bits per heavy atom. The molecule has 0 amide bonds. The van der Waals surface area contributed by atoms with Crippen LogP contribution in [0.5, 0.6) is 0 Å². The van der Waals surface area contributed by atoms with Gasteiger partial charge in [-0.1, -0.05) is 52.2 Å². The third-order valence-electron chi connectivity index (χ3n) is 3.13. The van der Waals surface area contributed by atoms with Gasteiger partial charge < -0.3 is 0 Å². The molecule has 0 aliphatic rings. The van der Waals surface area contributed by atoms with Gasteiger partial charge in [0.2, 0.25) is 0 Å². The molecule has 0 nitrogen and oxygen atoms in total. The molecule has 71 valence electrons. The Bertz CT molecular complexity index is 110. The first-order valence-corrected chi connectivity index (χ1v) is 5.19. The van der Waals surface area contributed by atoms with Crippen molar-refractivity contribution in [2.75, 3.05) is 0 Å². The lowest BCUT2D eigenvalue weighted by Crippen LogP contribution is -2.16. The Morgan fingerprint density at radius 1 is 1.00 bits per heavy atom. The fraction of sp³-hybridized carbons (Fsp3) is 0.750. The monoisotopic (exact) mass is 167 g/mol. The summed E-state index contributed by atoms with van der Waals surface area (Å²) >= 11 is 0. The lowest BCUT2D eigenvalue weighted by Gasteiger charge is -2.28. The largest absolute Gasteiger partial charge is 0.0885 e. The summed E-state index contributed by atoms with van der Waals surface area (Å²) < 4.78 is 0. The quantitative estimate of drug-likeness (QED) is 0.515. The molecule has 0 aliphatic carbocycles. The van der Waals surface area contributed by atoms with Gasteiger partial charge in [0, 0.05) is 0 Å².